The van der Waals surface area contributed by atoms with Crippen LogP contribution in [0.25, 0.3) is 56.0 Å². The topological polar surface area (TPSA) is 71.5 Å². The van der Waals surface area contributed by atoms with E-state index in [0.717, 1.165) is 33.5 Å². The first-order chi connectivity index (χ1) is 18.4. The van der Waals surface area contributed by atoms with Crippen molar-refractivity contribution in [1.29, 1.82) is 0 Å². The van der Waals surface area contributed by atoms with Crippen molar-refractivity contribution in [2.24, 2.45) is 0 Å². The van der Waals surface area contributed by atoms with Crippen LogP contribution in [0.3, 0.4) is 0 Å². The largest absolute Gasteiger partial charge is 0.455 e. The van der Waals surface area contributed by atoms with Crippen molar-refractivity contribution in [3.8, 4) is 33.9 Å². The summed E-state index contributed by atoms with van der Waals surface area (Å²) in [4.78, 5) is 19.7. The van der Waals surface area contributed by atoms with E-state index >= 15 is 0 Å². The summed E-state index contributed by atoms with van der Waals surface area (Å²) in [6.07, 6.45) is 0. The van der Waals surface area contributed by atoms with Crippen LogP contribution in [-0.4, -0.2) is 32.0 Å². The van der Waals surface area contributed by atoms with Crippen LogP contribution in [0.1, 0.15) is 10.4 Å². The molecule has 0 aliphatic heterocycles. The van der Waals surface area contributed by atoms with Crippen LogP contribution in [0, 0.1) is 5.82 Å². The number of nitrogens with zero attached hydrogens (tertiary/aromatic N) is 2. The van der Waals surface area contributed by atoms with Gasteiger partial charge < -0.3 is 19.1 Å². The molecule has 0 saturated heterocycles. The second-order valence-electron chi connectivity index (χ2n) is 9.22. The highest BCUT2D eigenvalue weighted by Gasteiger charge is 2.24. The van der Waals surface area contributed by atoms with Gasteiger partial charge in [0.15, 0.2) is 5.58 Å². The van der Waals surface area contributed by atoms with Gasteiger partial charge in [-0.05, 0) is 60.2 Å². The Hall–Kier alpha value is -4.91. The smallest absolute Gasteiger partial charge is 0.255 e. The fourth-order valence-electron chi connectivity index (χ4n) is 4.70. The number of fused-ring (bicyclic) bond motifs is 2. The van der Waals surface area contributed by atoms with Gasteiger partial charge in [0.1, 0.15) is 22.7 Å². The number of hydrogen-bond acceptors (Lipinski definition) is 5. The lowest BCUT2D eigenvalue weighted by molar-refractivity contribution is 0.0964. The number of carbonyl (C=O) groups excluding carboxylic acids is 1. The van der Waals surface area contributed by atoms with Crippen molar-refractivity contribution in [3.63, 3.8) is 0 Å². The third-order valence-corrected chi connectivity index (χ3v) is 6.56. The Balaban J connectivity index is 1.56. The zero-order valence-electron chi connectivity index (χ0n) is 21.1. The van der Waals surface area contributed by atoms with Crippen molar-refractivity contribution < 1.29 is 18.0 Å². The molecule has 0 fully saturated rings. The first-order valence-corrected chi connectivity index (χ1v) is 12.1. The van der Waals surface area contributed by atoms with Crippen LogP contribution in [-0.2, 0) is 0 Å². The average molecular weight is 506 g/mol. The molecule has 0 aliphatic rings. The minimum absolute atomic E-state index is 0.285. The lowest BCUT2D eigenvalue weighted by Gasteiger charge is -2.18. The van der Waals surface area contributed by atoms with Crippen LogP contribution in [0.15, 0.2) is 93.8 Å². The van der Waals surface area contributed by atoms with E-state index in [9.17, 15) is 9.18 Å². The van der Waals surface area contributed by atoms with Gasteiger partial charge in [-0.25, -0.2) is 9.37 Å². The van der Waals surface area contributed by atoms with Crippen LogP contribution in [0.5, 0.6) is 0 Å². The summed E-state index contributed by atoms with van der Waals surface area (Å²) in [5.74, 6) is 0.282. The molecule has 6 rings (SSSR count). The number of hydrogen-bond donors (Lipinski definition) is 1. The Morgan fingerprint density at radius 1 is 0.842 bits per heavy atom. The highest BCUT2D eigenvalue weighted by molar-refractivity contribution is 6.13. The molecular weight excluding hydrogens is 481 g/mol. The Bertz CT molecular complexity index is 1780. The number of oxazole rings is 1. The highest BCUT2D eigenvalue weighted by Crippen LogP contribution is 2.41. The van der Waals surface area contributed by atoms with Crippen LogP contribution in [0.2, 0.25) is 0 Å². The molecule has 0 saturated carbocycles. The van der Waals surface area contributed by atoms with Gasteiger partial charge in [0.25, 0.3) is 5.91 Å². The molecule has 38 heavy (non-hydrogen) atoms. The van der Waals surface area contributed by atoms with Crippen molar-refractivity contribution in [3.05, 3.63) is 96.3 Å². The highest BCUT2D eigenvalue weighted by atomic mass is 19.1. The van der Waals surface area contributed by atoms with Gasteiger partial charge in [-0.1, -0.05) is 24.3 Å². The van der Waals surface area contributed by atoms with Gasteiger partial charge in [-0.3, -0.25) is 4.79 Å². The average Bonchev–Trinajstić information content (AvgIpc) is 3.54. The van der Waals surface area contributed by atoms with Gasteiger partial charge in [-0.15, -0.1) is 0 Å². The Labute approximate surface area is 218 Å². The van der Waals surface area contributed by atoms with E-state index in [1.165, 1.54) is 12.1 Å². The van der Waals surface area contributed by atoms with Crippen LogP contribution < -0.4 is 10.2 Å². The third kappa shape index (κ3) is 3.98. The first kappa shape index (κ1) is 23.5. The second kappa shape index (κ2) is 9.19. The van der Waals surface area contributed by atoms with Crippen LogP contribution >= 0.6 is 0 Å². The SMILES string of the molecule is CNC(=O)c1c(-c2ccc(F)cc2)oc2cc(N(C)C)c(-c3cccc(-c4nc5ccccc5o4)c3)cc12. The number of para-hydroxylation sites is 2. The molecule has 1 amide bonds. The maximum atomic E-state index is 13.6. The summed E-state index contributed by atoms with van der Waals surface area (Å²) in [7, 11) is 5.49. The lowest BCUT2D eigenvalue weighted by Crippen LogP contribution is -2.18. The number of furan rings is 1. The van der Waals surface area contributed by atoms with E-state index in [2.05, 4.69) is 10.3 Å². The summed E-state index contributed by atoms with van der Waals surface area (Å²) in [5, 5.41) is 3.38. The van der Waals surface area contributed by atoms with E-state index < -0.39 is 0 Å². The Kier molecular flexibility index (Phi) is 5.68. The number of carbonyl (C=O) groups is 1. The fourth-order valence-corrected chi connectivity index (χ4v) is 4.70. The number of aromatic nitrogens is 1. The zero-order chi connectivity index (χ0) is 26.4. The maximum absolute atomic E-state index is 13.6. The summed E-state index contributed by atoms with van der Waals surface area (Å²) < 4.78 is 25.8. The molecule has 6 nitrogen and oxygen atoms in total. The molecule has 6 aromatic rings. The molecule has 0 bridgehead atoms. The van der Waals surface area contributed by atoms with Gasteiger partial charge in [0.05, 0.1) is 5.56 Å². The van der Waals surface area contributed by atoms with Crippen molar-refractivity contribution >= 4 is 33.7 Å². The minimum atomic E-state index is -0.359. The van der Waals surface area contributed by atoms with E-state index in [1.54, 1.807) is 19.2 Å². The predicted octanol–water partition coefficient (Wildman–Crippen LogP) is 7.14. The summed E-state index contributed by atoms with van der Waals surface area (Å²) >= 11 is 0. The molecule has 0 unspecified atom stereocenters. The minimum Gasteiger partial charge on any atom is -0.455 e. The zero-order valence-corrected chi connectivity index (χ0v) is 21.1. The van der Waals surface area contributed by atoms with E-state index in [0.29, 0.717) is 33.7 Å². The third-order valence-electron chi connectivity index (χ3n) is 6.56. The maximum Gasteiger partial charge on any atom is 0.255 e. The summed E-state index contributed by atoms with van der Waals surface area (Å²) in [5.41, 5.74) is 6.70. The van der Waals surface area contributed by atoms with Crippen molar-refractivity contribution in [1.82, 2.24) is 10.3 Å². The van der Waals surface area contributed by atoms with Crippen LogP contribution in [0.4, 0.5) is 10.1 Å². The fraction of sp³-hybridized carbons (Fsp3) is 0.0968. The Morgan fingerprint density at radius 2 is 1.61 bits per heavy atom. The molecule has 0 atom stereocenters. The van der Waals surface area contributed by atoms with Crippen molar-refractivity contribution in [2.75, 3.05) is 26.0 Å². The van der Waals surface area contributed by atoms with Gasteiger partial charge in [-0.2, -0.15) is 0 Å². The molecule has 0 spiro atoms. The molecule has 0 aliphatic carbocycles. The lowest BCUT2D eigenvalue weighted by atomic mass is 9.97. The van der Waals surface area contributed by atoms with Crippen molar-refractivity contribution in [2.45, 2.75) is 0 Å². The number of anilines is 1. The normalized spacial score (nSPS) is 11.3. The molecule has 0 radical (unpaired) electrons. The summed E-state index contributed by atoms with van der Waals surface area (Å²) in [6.45, 7) is 0. The summed E-state index contributed by atoms with van der Waals surface area (Å²) in [6, 6.07) is 25.4. The molecular formula is C31H24FN3O3. The van der Waals surface area contributed by atoms with E-state index in [1.807, 2.05) is 79.7 Å². The molecule has 2 heterocycles. The molecule has 7 heteroatoms. The predicted molar refractivity (Wildman–Crippen MR) is 148 cm³/mol. The van der Waals surface area contributed by atoms with Gasteiger partial charge in [0.2, 0.25) is 5.89 Å². The number of halogens is 1. The van der Waals surface area contributed by atoms with Gasteiger partial charge in [0, 0.05) is 55.0 Å². The second-order valence-corrected chi connectivity index (χ2v) is 9.22. The molecule has 188 valence electrons. The molecule has 2 aromatic heterocycles. The number of nitrogens with one attached hydrogen (secondary N) is 1. The monoisotopic (exact) mass is 505 g/mol. The number of amides is 1. The number of benzene rings is 4. The van der Waals surface area contributed by atoms with E-state index in [-0.39, 0.29) is 11.7 Å². The van der Waals surface area contributed by atoms with E-state index in [4.69, 9.17) is 8.83 Å². The quantitative estimate of drug-likeness (QED) is 0.270. The number of rotatable bonds is 5. The molecule has 4 aromatic carbocycles. The van der Waals surface area contributed by atoms with Gasteiger partial charge >= 0.3 is 0 Å². The Morgan fingerprint density at radius 3 is 2.34 bits per heavy atom. The first-order valence-electron chi connectivity index (χ1n) is 12.1. The standard InChI is InChI=1S/C31H24FN3O3/c1-33-30(36)28-23-16-22(19-7-6-8-20(15-19)31-34-24-9-4-5-10-26(24)38-31)25(35(2)3)17-27(23)37-29(28)18-11-13-21(32)14-12-18/h4-17H,1-3H3,(H,33,36). The molecule has 1 N–H and O–H groups in total.